The maximum Gasteiger partial charge on any atom is 0.251 e. The van der Waals surface area contributed by atoms with E-state index in [1.165, 1.54) is 0 Å². The third-order valence-corrected chi connectivity index (χ3v) is 5.97. The Kier molecular flexibility index (Phi) is 6.77. The predicted octanol–water partition coefficient (Wildman–Crippen LogP) is 1.29. The minimum Gasteiger partial charge on any atom is -0.351 e. The zero-order chi connectivity index (χ0) is 17.6. The lowest BCUT2D eigenvalue weighted by atomic mass is 10.1. The number of likely N-dealkylation sites (N-methyl/N-ethyl adjacent to an activating group) is 1. The van der Waals surface area contributed by atoms with Crippen molar-refractivity contribution in [2.24, 2.45) is 0 Å². The molecule has 0 bridgehead atoms. The van der Waals surface area contributed by atoms with Crippen LogP contribution in [0.15, 0.2) is 24.3 Å². The van der Waals surface area contributed by atoms with E-state index in [4.69, 9.17) is 0 Å². The van der Waals surface area contributed by atoms with Gasteiger partial charge in [0.15, 0.2) is 0 Å². The molecule has 0 aliphatic carbocycles. The number of amides is 1. The van der Waals surface area contributed by atoms with E-state index < -0.39 is 10.0 Å². The van der Waals surface area contributed by atoms with Crippen molar-refractivity contribution < 1.29 is 13.2 Å². The summed E-state index contributed by atoms with van der Waals surface area (Å²) in [5, 5.41) is 2.84. The molecule has 0 saturated carbocycles. The van der Waals surface area contributed by atoms with Crippen molar-refractivity contribution in [1.82, 2.24) is 14.5 Å². The minimum absolute atomic E-state index is 0.00444. The maximum absolute atomic E-state index is 12.4. The third kappa shape index (κ3) is 5.58. The average Bonchev–Trinajstić information content (AvgIpc) is 2.55. The van der Waals surface area contributed by atoms with Crippen LogP contribution >= 0.6 is 0 Å². The topological polar surface area (TPSA) is 69.7 Å². The molecule has 1 aliphatic heterocycles. The lowest BCUT2D eigenvalue weighted by Crippen LogP contribution is -2.36. The molecule has 1 heterocycles. The van der Waals surface area contributed by atoms with Crippen LogP contribution in [0.5, 0.6) is 0 Å². The van der Waals surface area contributed by atoms with Crippen LogP contribution < -0.4 is 5.32 Å². The van der Waals surface area contributed by atoms with Crippen LogP contribution in [0, 0.1) is 0 Å². The van der Waals surface area contributed by atoms with Crippen molar-refractivity contribution in [2.75, 3.05) is 40.3 Å². The second-order valence-electron chi connectivity index (χ2n) is 6.47. The van der Waals surface area contributed by atoms with Gasteiger partial charge in [-0.15, -0.1) is 0 Å². The van der Waals surface area contributed by atoms with Gasteiger partial charge in [0.25, 0.3) is 5.91 Å². The molecule has 24 heavy (non-hydrogen) atoms. The molecular formula is C17H27N3O3S. The van der Waals surface area contributed by atoms with Gasteiger partial charge in [0.1, 0.15) is 0 Å². The largest absolute Gasteiger partial charge is 0.351 e. The van der Waals surface area contributed by atoms with Crippen molar-refractivity contribution in [2.45, 2.75) is 25.0 Å². The third-order valence-electron chi connectivity index (χ3n) is 4.12. The van der Waals surface area contributed by atoms with E-state index in [1.54, 1.807) is 28.6 Å². The summed E-state index contributed by atoms with van der Waals surface area (Å²) >= 11 is 0. The Hall–Kier alpha value is -1.44. The fourth-order valence-corrected chi connectivity index (χ4v) is 4.30. The summed E-state index contributed by atoms with van der Waals surface area (Å²) < 4.78 is 26.4. The average molecular weight is 353 g/mol. The van der Waals surface area contributed by atoms with Gasteiger partial charge in [-0.2, -0.15) is 0 Å². The van der Waals surface area contributed by atoms with Crippen LogP contribution in [0.3, 0.4) is 0 Å². The minimum atomic E-state index is -3.27. The van der Waals surface area contributed by atoms with Crippen molar-refractivity contribution in [3.63, 3.8) is 0 Å². The fourth-order valence-electron chi connectivity index (χ4n) is 2.69. The highest BCUT2D eigenvalue weighted by atomic mass is 32.2. The molecule has 0 aromatic heterocycles. The first-order valence-corrected chi connectivity index (χ1v) is 9.99. The molecule has 1 aromatic rings. The first kappa shape index (κ1) is 18.9. The number of rotatable bonds is 7. The zero-order valence-corrected chi connectivity index (χ0v) is 15.3. The predicted molar refractivity (Wildman–Crippen MR) is 95.4 cm³/mol. The van der Waals surface area contributed by atoms with Gasteiger partial charge in [-0.1, -0.05) is 18.6 Å². The number of carbonyl (C=O) groups excluding carboxylic acids is 1. The second kappa shape index (κ2) is 8.60. The molecule has 7 heteroatoms. The Bertz CT molecular complexity index is 636. The molecule has 0 atom stereocenters. The standard InChI is InChI=1S/C17H27N3O3S/c1-19(2)13-10-18-17(21)16-8-6-15(7-9-16)14-24(22,23)20-11-4-3-5-12-20/h6-9H,3-5,10-14H2,1-2H3,(H,18,21). The normalized spacial score (nSPS) is 16.3. The first-order chi connectivity index (χ1) is 11.4. The van der Waals surface area contributed by atoms with E-state index in [-0.39, 0.29) is 11.7 Å². The van der Waals surface area contributed by atoms with Crippen LogP contribution in [-0.2, 0) is 15.8 Å². The van der Waals surface area contributed by atoms with Crippen LogP contribution in [0.2, 0.25) is 0 Å². The van der Waals surface area contributed by atoms with E-state index >= 15 is 0 Å². The van der Waals surface area contributed by atoms with Crippen LogP contribution in [0.1, 0.15) is 35.2 Å². The number of piperidine rings is 1. The Morgan fingerprint density at radius 1 is 1.12 bits per heavy atom. The Labute approximate surface area is 144 Å². The number of carbonyl (C=O) groups is 1. The fraction of sp³-hybridized carbons (Fsp3) is 0.588. The van der Waals surface area contributed by atoms with Gasteiger partial charge < -0.3 is 10.2 Å². The SMILES string of the molecule is CN(C)CCNC(=O)c1ccc(CS(=O)(=O)N2CCCCC2)cc1. The highest BCUT2D eigenvalue weighted by Crippen LogP contribution is 2.17. The molecule has 134 valence electrons. The van der Waals surface area contributed by atoms with Crippen molar-refractivity contribution in [1.29, 1.82) is 0 Å². The number of hydrogen-bond acceptors (Lipinski definition) is 4. The maximum atomic E-state index is 12.4. The van der Waals surface area contributed by atoms with E-state index in [2.05, 4.69) is 5.32 Å². The van der Waals surface area contributed by atoms with E-state index in [9.17, 15) is 13.2 Å². The quantitative estimate of drug-likeness (QED) is 0.802. The molecular weight excluding hydrogens is 326 g/mol. The highest BCUT2D eigenvalue weighted by molar-refractivity contribution is 7.88. The summed E-state index contributed by atoms with van der Waals surface area (Å²) in [6.07, 6.45) is 2.97. The highest BCUT2D eigenvalue weighted by Gasteiger charge is 2.24. The van der Waals surface area contributed by atoms with Crippen LogP contribution in [0.4, 0.5) is 0 Å². The van der Waals surface area contributed by atoms with Crippen LogP contribution in [-0.4, -0.2) is 63.8 Å². The monoisotopic (exact) mass is 353 g/mol. The first-order valence-electron chi connectivity index (χ1n) is 8.38. The van der Waals surface area contributed by atoms with Crippen LogP contribution in [0.25, 0.3) is 0 Å². The smallest absolute Gasteiger partial charge is 0.251 e. The summed E-state index contributed by atoms with van der Waals surface area (Å²) in [6.45, 7) is 2.60. The molecule has 6 nitrogen and oxygen atoms in total. The van der Waals surface area contributed by atoms with E-state index in [0.717, 1.165) is 25.8 Å². The molecule has 1 saturated heterocycles. The zero-order valence-electron chi connectivity index (χ0n) is 14.5. The number of hydrogen-bond donors (Lipinski definition) is 1. The van der Waals surface area contributed by atoms with Crippen molar-refractivity contribution in [3.8, 4) is 0 Å². The number of nitrogens with zero attached hydrogens (tertiary/aromatic N) is 2. The summed E-state index contributed by atoms with van der Waals surface area (Å²) in [4.78, 5) is 14.0. The Morgan fingerprint density at radius 3 is 2.33 bits per heavy atom. The van der Waals surface area contributed by atoms with Crippen molar-refractivity contribution >= 4 is 15.9 Å². The van der Waals surface area contributed by atoms with Gasteiger partial charge in [-0.05, 0) is 44.6 Å². The second-order valence-corrected chi connectivity index (χ2v) is 8.44. The molecule has 1 amide bonds. The summed E-state index contributed by atoms with van der Waals surface area (Å²) in [5.41, 5.74) is 1.26. The van der Waals surface area contributed by atoms with E-state index in [1.807, 2.05) is 19.0 Å². The molecule has 0 spiro atoms. The lowest BCUT2D eigenvalue weighted by Gasteiger charge is -2.25. The summed E-state index contributed by atoms with van der Waals surface area (Å²) in [5.74, 6) is -0.141. The number of nitrogens with one attached hydrogen (secondary N) is 1. The van der Waals surface area contributed by atoms with Gasteiger partial charge in [-0.3, -0.25) is 4.79 Å². The molecule has 0 unspecified atom stereocenters. The molecule has 1 aliphatic rings. The summed E-state index contributed by atoms with van der Waals surface area (Å²) in [6, 6.07) is 6.82. The number of sulfonamides is 1. The van der Waals surface area contributed by atoms with Crippen molar-refractivity contribution in [3.05, 3.63) is 35.4 Å². The van der Waals surface area contributed by atoms with Gasteiger partial charge in [0.05, 0.1) is 5.75 Å². The van der Waals surface area contributed by atoms with Gasteiger partial charge in [-0.25, -0.2) is 12.7 Å². The lowest BCUT2D eigenvalue weighted by molar-refractivity contribution is 0.0951. The summed E-state index contributed by atoms with van der Waals surface area (Å²) in [7, 11) is 0.630. The van der Waals surface area contributed by atoms with Gasteiger partial charge >= 0.3 is 0 Å². The molecule has 2 rings (SSSR count). The Balaban J connectivity index is 1.92. The molecule has 1 N–H and O–H groups in total. The van der Waals surface area contributed by atoms with Gasteiger partial charge in [0.2, 0.25) is 10.0 Å². The van der Waals surface area contributed by atoms with Gasteiger partial charge in [0, 0.05) is 31.7 Å². The Morgan fingerprint density at radius 2 is 1.75 bits per heavy atom. The van der Waals surface area contributed by atoms with E-state index in [0.29, 0.717) is 30.8 Å². The molecule has 1 aromatic carbocycles. The number of benzene rings is 1. The molecule has 1 fully saturated rings. The molecule has 0 radical (unpaired) electrons.